The van der Waals surface area contributed by atoms with E-state index in [2.05, 4.69) is 4.98 Å². The average molecular weight is 380 g/mol. The summed E-state index contributed by atoms with van der Waals surface area (Å²) in [6.45, 7) is 2.07. The summed E-state index contributed by atoms with van der Waals surface area (Å²) in [4.78, 5) is 26.8. The molecule has 0 saturated heterocycles. The Morgan fingerprint density at radius 2 is 1.96 bits per heavy atom. The van der Waals surface area contributed by atoms with Gasteiger partial charge >= 0.3 is 5.97 Å². The molecule has 0 saturated carbocycles. The number of benzene rings is 2. The van der Waals surface area contributed by atoms with Crippen molar-refractivity contribution in [1.82, 2.24) is 4.98 Å². The van der Waals surface area contributed by atoms with Gasteiger partial charge in [-0.15, -0.1) is 11.3 Å². The normalized spacial score (nSPS) is 10.9. The Morgan fingerprint density at radius 1 is 1.22 bits per heavy atom. The number of esters is 1. The van der Waals surface area contributed by atoms with Crippen LogP contribution in [0.25, 0.3) is 16.6 Å². The largest absolute Gasteiger partial charge is 0.456 e. The van der Waals surface area contributed by atoms with Gasteiger partial charge in [0.25, 0.3) is 5.69 Å². The van der Waals surface area contributed by atoms with Gasteiger partial charge in [0.05, 0.1) is 16.2 Å². The van der Waals surface area contributed by atoms with Gasteiger partial charge in [-0.05, 0) is 19.1 Å². The van der Waals surface area contributed by atoms with Crippen LogP contribution < -0.4 is 0 Å². The first-order chi connectivity index (χ1) is 13.0. The van der Waals surface area contributed by atoms with Gasteiger partial charge in [0, 0.05) is 23.1 Å². The standard InChI is InChI=1S/C20H16N2O4S/c1-14-6-8-16(9-7-14)20-21-17(13-27-20)12-26-19(23)11-10-15-4-2-3-5-18(15)22(24)25/h2-11,13H,12H2,1H3/b11-10+. The second-order valence-electron chi connectivity index (χ2n) is 5.77. The van der Waals surface area contributed by atoms with Crippen LogP contribution in [0.5, 0.6) is 0 Å². The molecule has 0 atom stereocenters. The maximum Gasteiger partial charge on any atom is 0.331 e. The summed E-state index contributed by atoms with van der Waals surface area (Å²) in [7, 11) is 0. The molecule has 0 spiro atoms. The van der Waals surface area contributed by atoms with Crippen LogP contribution in [0.15, 0.2) is 60.0 Å². The number of ether oxygens (including phenoxy) is 1. The minimum Gasteiger partial charge on any atom is -0.456 e. The van der Waals surface area contributed by atoms with E-state index in [9.17, 15) is 14.9 Å². The lowest BCUT2D eigenvalue weighted by Crippen LogP contribution is -2.01. The van der Waals surface area contributed by atoms with Gasteiger partial charge in [0.2, 0.25) is 0 Å². The molecule has 2 aromatic carbocycles. The van der Waals surface area contributed by atoms with E-state index in [0.717, 1.165) is 10.6 Å². The predicted octanol–water partition coefficient (Wildman–Crippen LogP) is 4.78. The number of carbonyl (C=O) groups is 1. The minimum atomic E-state index is -0.585. The van der Waals surface area contributed by atoms with Crippen molar-refractivity contribution >= 4 is 29.1 Å². The zero-order chi connectivity index (χ0) is 19.2. The molecule has 0 N–H and O–H groups in total. The quantitative estimate of drug-likeness (QED) is 0.266. The van der Waals surface area contributed by atoms with Gasteiger partial charge in [0.1, 0.15) is 11.6 Å². The molecule has 0 unspecified atom stereocenters. The van der Waals surface area contributed by atoms with Crippen LogP contribution in [-0.4, -0.2) is 15.9 Å². The van der Waals surface area contributed by atoms with Crippen LogP contribution in [0, 0.1) is 17.0 Å². The lowest BCUT2D eigenvalue weighted by atomic mass is 10.1. The van der Waals surface area contributed by atoms with Crippen LogP contribution in [0.1, 0.15) is 16.8 Å². The zero-order valence-corrected chi connectivity index (χ0v) is 15.3. The predicted molar refractivity (Wildman–Crippen MR) is 104 cm³/mol. The number of carbonyl (C=O) groups excluding carboxylic acids is 1. The van der Waals surface area contributed by atoms with Gasteiger partial charge in [-0.3, -0.25) is 10.1 Å². The van der Waals surface area contributed by atoms with E-state index in [-0.39, 0.29) is 12.3 Å². The molecule has 3 rings (SSSR count). The number of para-hydroxylation sites is 1. The third-order valence-corrected chi connectivity index (χ3v) is 4.69. The molecule has 0 aliphatic heterocycles. The number of nitro groups is 1. The molecule has 0 aliphatic rings. The van der Waals surface area contributed by atoms with Crippen molar-refractivity contribution in [3.8, 4) is 10.6 Å². The SMILES string of the molecule is Cc1ccc(-c2nc(COC(=O)/C=C/c3ccccc3[N+](=O)[O-])cs2)cc1. The lowest BCUT2D eigenvalue weighted by molar-refractivity contribution is -0.385. The number of nitrogens with zero attached hydrogens (tertiary/aromatic N) is 2. The molecule has 0 fully saturated rings. The lowest BCUT2D eigenvalue weighted by Gasteiger charge is -2.00. The molecule has 0 aliphatic carbocycles. The number of rotatable bonds is 6. The van der Waals surface area contributed by atoms with Crippen LogP contribution in [-0.2, 0) is 16.1 Å². The van der Waals surface area contributed by atoms with E-state index < -0.39 is 10.9 Å². The van der Waals surface area contributed by atoms with Crippen LogP contribution >= 0.6 is 11.3 Å². The summed E-state index contributed by atoms with van der Waals surface area (Å²) in [5.74, 6) is -0.585. The summed E-state index contributed by atoms with van der Waals surface area (Å²) < 4.78 is 5.17. The summed E-state index contributed by atoms with van der Waals surface area (Å²) in [5.41, 5.74) is 3.12. The van der Waals surface area contributed by atoms with Crippen molar-refractivity contribution in [3.05, 3.63) is 86.9 Å². The van der Waals surface area contributed by atoms with Gasteiger partial charge in [-0.25, -0.2) is 9.78 Å². The van der Waals surface area contributed by atoms with Crippen molar-refractivity contribution in [1.29, 1.82) is 0 Å². The highest BCUT2D eigenvalue weighted by Crippen LogP contribution is 2.24. The molecule has 1 heterocycles. The van der Waals surface area contributed by atoms with E-state index >= 15 is 0 Å². The number of aryl methyl sites for hydroxylation is 1. The maximum atomic E-state index is 11.9. The Labute approximate surface area is 159 Å². The number of hydrogen-bond acceptors (Lipinski definition) is 6. The van der Waals surface area contributed by atoms with Crippen molar-refractivity contribution in [2.75, 3.05) is 0 Å². The topological polar surface area (TPSA) is 82.3 Å². The number of thiazole rings is 1. The van der Waals surface area contributed by atoms with Crippen molar-refractivity contribution in [2.45, 2.75) is 13.5 Å². The Balaban J connectivity index is 1.60. The van der Waals surface area contributed by atoms with E-state index in [1.807, 2.05) is 36.6 Å². The van der Waals surface area contributed by atoms with Crippen LogP contribution in [0.3, 0.4) is 0 Å². The summed E-state index contributed by atoms with van der Waals surface area (Å²) >= 11 is 1.48. The van der Waals surface area contributed by atoms with Crippen LogP contribution in [0.4, 0.5) is 5.69 Å². The minimum absolute atomic E-state index is 0.0441. The summed E-state index contributed by atoms with van der Waals surface area (Å²) in [5, 5.41) is 13.7. The second-order valence-corrected chi connectivity index (χ2v) is 6.63. The highest BCUT2D eigenvalue weighted by atomic mass is 32.1. The van der Waals surface area contributed by atoms with E-state index in [0.29, 0.717) is 11.3 Å². The third kappa shape index (κ3) is 4.86. The number of nitro benzene ring substituents is 1. The summed E-state index contributed by atoms with van der Waals surface area (Å²) in [6, 6.07) is 14.2. The van der Waals surface area contributed by atoms with Gasteiger partial charge < -0.3 is 4.74 Å². The van der Waals surface area contributed by atoms with Gasteiger partial charge in [0.15, 0.2) is 0 Å². The molecule has 136 valence electrons. The molecular formula is C20H16N2O4S. The molecule has 1 aromatic heterocycles. The monoisotopic (exact) mass is 380 g/mol. The molecule has 0 radical (unpaired) electrons. The molecule has 27 heavy (non-hydrogen) atoms. The third-order valence-electron chi connectivity index (χ3n) is 3.74. The fourth-order valence-corrected chi connectivity index (χ4v) is 3.16. The second kappa shape index (κ2) is 8.37. The number of aromatic nitrogens is 1. The smallest absolute Gasteiger partial charge is 0.331 e. The van der Waals surface area contributed by atoms with E-state index in [1.165, 1.54) is 35.1 Å². The molecule has 6 nitrogen and oxygen atoms in total. The van der Waals surface area contributed by atoms with Crippen molar-refractivity contribution in [3.63, 3.8) is 0 Å². The fraction of sp³-hybridized carbons (Fsp3) is 0.100. The van der Waals surface area contributed by atoms with E-state index in [4.69, 9.17) is 4.74 Å². The molecule has 3 aromatic rings. The Hall–Kier alpha value is -3.32. The zero-order valence-electron chi connectivity index (χ0n) is 14.5. The molecule has 0 bridgehead atoms. The number of hydrogen-bond donors (Lipinski definition) is 0. The molecular weight excluding hydrogens is 364 g/mol. The Morgan fingerprint density at radius 3 is 2.70 bits per heavy atom. The molecule has 0 amide bonds. The summed E-state index contributed by atoms with van der Waals surface area (Å²) in [6.07, 6.45) is 2.55. The molecule has 7 heteroatoms. The highest BCUT2D eigenvalue weighted by molar-refractivity contribution is 7.13. The van der Waals surface area contributed by atoms with Crippen LogP contribution in [0.2, 0.25) is 0 Å². The van der Waals surface area contributed by atoms with E-state index in [1.54, 1.807) is 18.2 Å². The van der Waals surface area contributed by atoms with Gasteiger partial charge in [-0.1, -0.05) is 42.0 Å². The average Bonchev–Trinajstić information content (AvgIpc) is 3.14. The fourth-order valence-electron chi connectivity index (χ4n) is 2.35. The Bertz CT molecular complexity index is 993. The first-order valence-electron chi connectivity index (χ1n) is 8.12. The van der Waals surface area contributed by atoms with Crippen molar-refractivity contribution < 1.29 is 14.5 Å². The van der Waals surface area contributed by atoms with Crippen molar-refractivity contribution in [2.24, 2.45) is 0 Å². The first-order valence-corrected chi connectivity index (χ1v) is 9.00. The maximum absolute atomic E-state index is 11.9. The first kappa shape index (κ1) is 18.5. The highest BCUT2D eigenvalue weighted by Gasteiger charge is 2.10. The van der Waals surface area contributed by atoms with Gasteiger partial charge in [-0.2, -0.15) is 0 Å². The Kier molecular flexibility index (Phi) is 5.73.